The quantitative estimate of drug-likeness (QED) is 0.748. The fourth-order valence-electron chi connectivity index (χ4n) is 2.18. The minimum atomic E-state index is 0.833. The lowest BCUT2D eigenvalue weighted by Crippen LogP contribution is -2.12. The van der Waals surface area contributed by atoms with E-state index < -0.39 is 0 Å². The molecule has 2 nitrogen and oxygen atoms in total. The van der Waals surface area contributed by atoms with Gasteiger partial charge in [-0.2, -0.15) is 0 Å². The van der Waals surface area contributed by atoms with Crippen LogP contribution in [0.1, 0.15) is 11.1 Å². The second-order valence-corrected chi connectivity index (χ2v) is 4.37. The van der Waals surface area contributed by atoms with E-state index in [2.05, 4.69) is 47.8 Å². The molecule has 18 heavy (non-hydrogen) atoms. The van der Waals surface area contributed by atoms with E-state index >= 15 is 0 Å². The van der Waals surface area contributed by atoms with Crippen LogP contribution in [0.25, 0.3) is 10.8 Å². The molecule has 90 valence electrons. The summed E-state index contributed by atoms with van der Waals surface area (Å²) in [5.74, 6) is 0. The van der Waals surface area contributed by atoms with Crippen LogP contribution in [-0.2, 0) is 13.1 Å². The highest BCUT2D eigenvalue weighted by Crippen LogP contribution is 2.18. The van der Waals surface area contributed by atoms with Crippen molar-refractivity contribution in [1.82, 2.24) is 5.32 Å². The summed E-state index contributed by atoms with van der Waals surface area (Å²) < 4.78 is 5.05. The van der Waals surface area contributed by atoms with Gasteiger partial charge in [-0.1, -0.05) is 42.5 Å². The van der Waals surface area contributed by atoms with E-state index in [1.165, 1.54) is 21.9 Å². The molecule has 0 fully saturated rings. The normalized spacial score (nSPS) is 10.9. The Labute approximate surface area is 106 Å². The third-order valence-electron chi connectivity index (χ3n) is 3.10. The fraction of sp³-hybridized carbons (Fsp3) is 0.125. The van der Waals surface area contributed by atoms with Gasteiger partial charge in [0, 0.05) is 18.7 Å². The molecule has 1 aromatic heterocycles. The van der Waals surface area contributed by atoms with Gasteiger partial charge in [-0.3, -0.25) is 0 Å². The molecule has 1 N–H and O–H groups in total. The number of benzene rings is 2. The molecule has 0 amide bonds. The van der Waals surface area contributed by atoms with Gasteiger partial charge < -0.3 is 9.73 Å². The minimum Gasteiger partial charge on any atom is -0.472 e. The van der Waals surface area contributed by atoms with Gasteiger partial charge in [-0.25, -0.2) is 0 Å². The molecule has 0 saturated heterocycles. The van der Waals surface area contributed by atoms with Crippen LogP contribution in [0.15, 0.2) is 65.5 Å². The van der Waals surface area contributed by atoms with Crippen LogP contribution in [0.3, 0.4) is 0 Å². The number of nitrogens with one attached hydrogen (secondary N) is 1. The molecule has 0 atom stereocenters. The summed E-state index contributed by atoms with van der Waals surface area (Å²) in [4.78, 5) is 0. The first-order chi connectivity index (χ1) is 8.93. The maximum Gasteiger partial charge on any atom is 0.0947 e. The highest BCUT2D eigenvalue weighted by molar-refractivity contribution is 5.85. The Hall–Kier alpha value is -2.06. The minimum absolute atomic E-state index is 0.833. The second kappa shape index (κ2) is 5.07. The van der Waals surface area contributed by atoms with Gasteiger partial charge in [-0.15, -0.1) is 0 Å². The van der Waals surface area contributed by atoms with Gasteiger partial charge in [0.25, 0.3) is 0 Å². The highest BCUT2D eigenvalue weighted by Gasteiger charge is 2.00. The topological polar surface area (TPSA) is 25.2 Å². The van der Waals surface area contributed by atoms with Crippen LogP contribution in [0, 0.1) is 0 Å². The first kappa shape index (κ1) is 11.1. The largest absolute Gasteiger partial charge is 0.472 e. The zero-order valence-electron chi connectivity index (χ0n) is 10.1. The van der Waals surface area contributed by atoms with Gasteiger partial charge in [0.1, 0.15) is 0 Å². The van der Waals surface area contributed by atoms with E-state index in [0.717, 1.165) is 13.1 Å². The Bertz CT molecular complexity index is 623. The molecular formula is C16H15NO. The standard InChI is InChI=1S/C16H15NO/c1-2-7-16-14(4-1)5-3-6-15(16)11-17-10-13-8-9-18-12-13/h1-9,12,17H,10-11H2. The van der Waals surface area contributed by atoms with E-state index in [1.54, 1.807) is 12.5 Å². The van der Waals surface area contributed by atoms with Crippen molar-refractivity contribution >= 4 is 10.8 Å². The number of hydrogen-bond acceptors (Lipinski definition) is 2. The maximum atomic E-state index is 5.05. The van der Waals surface area contributed by atoms with E-state index in [9.17, 15) is 0 Å². The number of hydrogen-bond donors (Lipinski definition) is 1. The van der Waals surface area contributed by atoms with Crippen LogP contribution >= 0.6 is 0 Å². The van der Waals surface area contributed by atoms with Crippen LogP contribution < -0.4 is 5.32 Å². The van der Waals surface area contributed by atoms with Crippen LogP contribution in [0.2, 0.25) is 0 Å². The van der Waals surface area contributed by atoms with E-state index in [-0.39, 0.29) is 0 Å². The van der Waals surface area contributed by atoms with Gasteiger partial charge in [0.15, 0.2) is 0 Å². The monoisotopic (exact) mass is 237 g/mol. The molecular weight excluding hydrogens is 222 g/mol. The molecule has 3 rings (SSSR count). The van der Waals surface area contributed by atoms with E-state index in [1.807, 2.05) is 6.07 Å². The summed E-state index contributed by atoms with van der Waals surface area (Å²) in [6.45, 7) is 1.70. The average molecular weight is 237 g/mol. The molecule has 0 spiro atoms. The van der Waals surface area contributed by atoms with Crippen molar-refractivity contribution < 1.29 is 4.42 Å². The predicted molar refractivity (Wildman–Crippen MR) is 73.2 cm³/mol. The van der Waals surface area contributed by atoms with Crippen molar-refractivity contribution in [3.63, 3.8) is 0 Å². The van der Waals surface area contributed by atoms with E-state index in [4.69, 9.17) is 4.42 Å². The molecule has 3 aromatic rings. The summed E-state index contributed by atoms with van der Waals surface area (Å²) in [5, 5.41) is 6.05. The summed E-state index contributed by atoms with van der Waals surface area (Å²) in [7, 11) is 0. The molecule has 0 aliphatic heterocycles. The van der Waals surface area contributed by atoms with Crippen molar-refractivity contribution in [3.8, 4) is 0 Å². The smallest absolute Gasteiger partial charge is 0.0947 e. The summed E-state index contributed by atoms with van der Waals surface area (Å²) in [6, 6.07) is 16.9. The third-order valence-corrected chi connectivity index (χ3v) is 3.10. The Morgan fingerprint density at radius 3 is 2.67 bits per heavy atom. The molecule has 1 heterocycles. The maximum absolute atomic E-state index is 5.05. The first-order valence-electron chi connectivity index (χ1n) is 6.12. The number of fused-ring (bicyclic) bond motifs is 1. The molecule has 2 heteroatoms. The number of furan rings is 1. The summed E-state index contributed by atoms with van der Waals surface area (Å²) >= 11 is 0. The molecule has 0 aliphatic carbocycles. The Kier molecular flexibility index (Phi) is 3.11. The zero-order valence-corrected chi connectivity index (χ0v) is 10.1. The lowest BCUT2D eigenvalue weighted by Gasteiger charge is -2.07. The average Bonchev–Trinajstić information content (AvgIpc) is 2.92. The van der Waals surface area contributed by atoms with Gasteiger partial charge in [0.05, 0.1) is 12.5 Å². The zero-order chi connectivity index (χ0) is 12.2. The van der Waals surface area contributed by atoms with Crippen LogP contribution in [-0.4, -0.2) is 0 Å². The van der Waals surface area contributed by atoms with Crippen LogP contribution in [0.4, 0.5) is 0 Å². The van der Waals surface area contributed by atoms with Crippen molar-refractivity contribution in [2.24, 2.45) is 0 Å². The fourth-order valence-corrected chi connectivity index (χ4v) is 2.18. The van der Waals surface area contributed by atoms with Crippen molar-refractivity contribution in [2.45, 2.75) is 13.1 Å². The molecule has 0 bridgehead atoms. The van der Waals surface area contributed by atoms with Crippen molar-refractivity contribution in [1.29, 1.82) is 0 Å². The predicted octanol–water partition coefficient (Wildman–Crippen LogP) is 3.72. The van der Waals surface area contributed by atoms with Gasteiger partial charge in [-0.05, 0) is 22.4 Å². The lowest BCUT2D eigenvalue weighted by molar-refractivity contribution is 0.560. The van der Waals surface area contributed by atoms with Gasteiger partial charge in [0.2, 0.25) is 0 Å². The number of rotatable bonds is 4. The van der Waals surface area contributed by atoms with Gasteiger partial charge >= 0.3 is 0 Å². The first-order valence-corrected chi connectivity index (χ1v) is 6.12. The SMILES string of the molecule is c1ccc2c(CNCc3ccoc3)cccc2c1. The van der Waals surface area contributed by atoms with Crippen molar-refractivity contribution in [2.75, 3.05) is 0 Å². The second-order valence-electron chi connectivity index (χ2n) is 4.37. The molecule has 0 aliphatic rings. The molecule has 0 saturated carbocycles. The Morgan fingerprint density at radius 1 is 0.889 bits per heavy atom. The highest BCUT2D eigenvalue weighted by atomic mass is 16.3. The molecule has 0 unspecified atom stereocenters. The van der Waals surface area contributed by atoms with Crippen molar-refractivity contribution in [3.05, 3.63) is 72.2 Å². The van der Waals surface area contributed by atoms with Crippen LogP contribution in [0.5, 0.6) is 0 Å². The molecule has 2 aromatic carbocycles. The Balaban J connectivity index is 1.74. The third kappa shape index (κ3) is 2.29. The Morgan fingerprint density at radius 2 is 1.78 bits per heavy atom. The summed E-state index contributed by atoms with van der Waals surface area (Å²) in [6.07, 6.45) is 3.48. The molecule has 0 radical (unpaired) electrons. The lowest BCUT2D eigenvalue weighted by atomic mass is 10.0. The van der Waals surface area contributed by atoms with E-state index in [0.29, 0.717) is 0 Å². The summed E-state index contributed by atoms with van der Waals surface area (Å²) in [5.41, 5.74) is 2.51.